The van der Waals surface area contributed by atoms with Crippen molar-refractivity contribution >= 4 is 21.4 Å². The van der Waals surface area contributed by atoms with Gasteiger partial charge in [-0.25, -0.2) is 8.42 Å². The largest absolute Gasteiger partial charge is 0.495 e. The normalized spacial score (nSPS) is 10.9. The van der Waals surface area contributed by atoms with E-state index in [1.54, 1.807) is 30.3 Å². The second-order valence-electron chi connectivity index (χ2n) is 4.33. The number of ether oxygens (including phenoxy) is 1. The lowest BCUT2D eigenvalue weighted by Crippen LogP contribution is -2.07. The fraction of sp³-hybridized carbons (Fsp3) is 0.133. The van der Waals surface area contributed by atoms with E-state index in [9.17, 15) is 8.42 Å². The highest BCUT2D eigenvalue weighted by atomic mass is 35.5. The van der Waals surface area contributed by atoms with Gasteiger partial charge in [-0.15, -0.1) is 0 Å². The van der Waals surface area contributed by atoms with E-state index >= 15 is 0 Å². The molecule has 6 heteroatoms. The van der Waals surface area contributed by atoms with E-state index in [0.717, 1.165) is 0 Å². The molecule has 0 aromatic heterocycles. The van der Waals surface area contributed by atoms with Crippen LogP contribution in [0.3, 0.4) is 0 Å². The SMILES string of the molecule is COc1ccccc1S(=O)(=O)Cc1ccc(C#N)cc1Cl. The van der Waals surface area contributed by atoms with Crippen LogP contribution in [0.2, 0.25) is 5.02 Å². The molecule has 4 nitrogen and oxygen atoms in total. The molecule has 0 aliphatic rings. The van der Waals surface area contributed by atoms with Crippen LogP contribution in [0.15, 0.2) is 47.4 Å². The second kappa shape index (κ2) is 6.17. The van der Waals surface area contributed by atoms with Crippen LogP contribution in [0.5, 0.6) is 5.75 Å². The Balaban J connectivity index is 2.41. The smallest absolute Gasteiger partial charge is 0.186 e. The van der Waals surface area contributed by atoms with Crippen molar-refractivity contribution in [3.8, 4) is 11.8 Å². The molecule has 0 fully saturated rings. The highest BCUT2D eigenvalue weighted by Crippen LogP contribution is 2.28. The van der Waals surface area contributed by atoms with Gasteiger partial charge in [0.2, 0.25) is 0 Å². The van der Waals surface area contributed by atoms with Crippen LogP contribution in [0.1, 0.15) is 11.1 Å². The second-order valence-corrected chi connectivity index (χ2v) is 6.69. The molecule has 0 bridgehead atoms. The van der Waals surface area contributed by atoms with Gasteiger partial charge in [-0.3, -0.25) is 0 Å². The zero-order chi connectivity index (χ0) is 15.5. The summed E-state index contributed by atoms with van der Waals surface area (Å²) in [5, 5.41) is 9.05. The Morgan fingerprint density at radius 1 is 1.24 bits per heavy atom. The number of methoxy groups -OCH3 is 1. The zero-order valence-electron chi connectivity index (χ0n) is 11.2. The van der Waals surface area contributed by atoms with Crippen LogP contribution in [-0.4, -0.2) is 15.5 Å². The molecule has 2 aromatic rings. The predicted octanol–water partition coefficient (Wildman–Crippen LogP) is 3.19. The highest BCUT2D eigenvalue weighted by Gasteiger charge is 2.21. The van der Waals surface area contributed by atoms with E-state index in [0.29, 0.717) is 16.9 Å². The van der Waals surface area contributed by atoms with Gasteiger partial charge >= 0.3 is 0 Å². The van der Waals surface area contributed by atoms with Gasteiger partial charge in [0.25, 0.3) is 0 Å². The molecule has 0 aliphatic heterocycles. The summed E-state index contributed by atoms with van der Waals surface area (Å²) in [6.07, 6.45) is 0. The Morgan fingerprint density at radius 3 is 2.57 bits per heavy atom. The lowest BCUT2D eigenvalue weighted by atomic mass is 10.2. The maximum Gasteiger partial charge on any atom is 0.186 e. The standard InChI is InChI=1S/C15H12ClNO3S/c1-20-14-4-2-3-5-15(14)21(18,19)10-12-7-6-11(9-17)8-13(12)16/h2-8H,10H2,1H3. The molecular formula is C15H12ClNO3S. The van der Waals surface area contributed by atoms with Gasteiger partial charge in [-0.05, 0) is 29.8 Å². The van der Waals surface area contributed by atoms with Crippen molar-refractivity contribution in [2.45, 2.75) is 10.6 Å². The number of rotatable bonds is 4. The number of hydrogen-bond donors (Lipinski definition) is 0. The molecule has 0 unspecified atom stereocenters. The summed E-state index contributed by atoms with van der Waals surface area (Å²) in [7, 11) is -2.17. The molecule has 0 heterocycles. The first kappa shape index (κ1) is 15.4. The van der Waals surface area contributed by atoms with Crippen LogP contribution >= 0.6 is 11.6 Å². The van der Waals surface area contributed by atoms with E-state index in [-0.39, 0.29) is 15.7 Å². The monoisotopic (exact) mass is 321 g/mol. The molecule has 2 aromatic carbocycles. The number of nitriles is 1. The summed E-state index contributed by atoms with van der Waals surface area (Å²) >= 11 is 6.03. The van der Waals surface area contributed by atoms with E-state index in [2.05, 4.69) is 0 Å². The lowest BCUT2D eigenvalue weighted by molar-refractivity contribution is 0.402. The van der Waals surface area contributed by atoms with Crippen molar-refractivity contribution < 1.29 is 13.2 Å². The molecule has 0 atom stereocenters. The van der Waals surface area contributed by atoms with Crippen LogP contribution < -0.4 is 4.74 Å². The summed E-state index contributed by atoms with van der Waals surface area (Å²) in [4.78, 5) is 0.118. The maximum absolute atomic E-state index is 12.5. The van der Waals surface area contributed by atoms with Crippen LogP contribution in [0.25, 0.3) is 0 Å². The topological polar surface area (TPSA) is 67.2 Å². The number of hydrogen-bond acceptors (Lipinski definition) is 4. The van der Waals surface area contributed by atoms with Crippen molar-refractivity contribution in [3.63, 3.8) is 0 Å². The summed E-state index contributed by atoms with van der Waals surface area (Å²) in [5.41, 5.74) is 0.833. The Labute approximate surface area is 128 Å². The molecule has 0 amide bonds. The summed E-state index contributed by atoms with van der Waals surface area (Å²) in [6, 6.07) is 12.9. The first-order chi connectivity index (χ1) is 9.97. The van der Waals surface area contributed by atoms with Gasteiger partial charge in [-0.2, -0.15) is 5.26 Å². The lowest BCUT2D eigenvalue weighted by Gasteiger charge is -2.10. The van der Waals surface area contributed by atoms with Gasteiger partial charge in [0.05, 0.1) is 24.5 Å². The third-order valence-electron chi connectivity index (χ3n) is 2.93. The van der Waals surface area contributed by atoms with Gasteiger partial charge in [0.1, 0.15) is 10.6 Å². The van der Waals surface area contributed by atoms with Gasteiger partial charge < -0.3 is 4.74 Å². The number of benzene rings is 2. The Kier molecular flexibility index (Phi) is 4.51. The molecule has 0 saturated heterocycles. The molecular weight excluding hydrogens is 310 g/mol. The molecule has 2 rings (SSSR count). The average molecular weight is 322 g/mol. The molecule has 0 saturated carbocycles. The number of para-hydroxylation sites is 1. The Hall–Kier alpha value is -2.03. The number of sulfone groups is 1. The van der Waals surface area contributed by atoms with E-state index in [1.165, 1.54) is 19.2 Å². The number of nitrogens with zero attached hydrogens (tertiary/aromatic N) is 1. The minimum atomic E-state index is -3.59. The van der Waals surface area contributed by atoms with E-state index < -0.39 is 9.84 Å². The van der Waals surface area contributed by atoms with Crippen molar-refractivity contribution in [2.75, 3.05) is 7.11 Å². The van der Waals surface area contributed by atoms with Crippen molar-refractivity contribution in [3.05, 3.63) is 58.6 Å². The minimum Gasteiger partial charge on any atom is -0.495 e. The van der Waals surface area contributed by atoms with Crippen LogP contribution in [0, 0.1) is 11.3 Å². The fourth-order valence-electron chi connectivity index (χ4n) is 1.89. The molecule has 0 radical (unpaired) electrons. The number of halogens is 1. The van der Waals surface area contributed by atoms with Gasteiger partial charge in [0, 0.05) is 5.02 Å². The van der Waals surface area contributed by atoms with Crippen molar-refractivity contribution in [1.82, 2.24) is 0 Å². The summed E-state index contributed by atoms with van der Waals surface area (Å²) in [6.45, 7) is 0. The van der Waals surface area contributed by atoms with Crippen molar-refractivity contribution in [2.24, 2.45) is 0 Å². The summed E-state index contributed by atoms with van der Waals surface area (Å²) in [5.74, 6) is 0.0417. The zero-order valence-corrected chi connectivity index (χ0v) is 12.8. The maximum atomic E-state index is 12.5. The quantitative estimate of drug-likeness (QED) is 0.867. The van der Waals surface area contributed by atoms with Gasteiger partial charge in [0.15, 0.2) is 9.84 Å². The van der Waals surface area contributed by atoms with E-state index in [1.807, 2.05) is 6.07 Å². The Morgan fingerprint density at radius 2 is 1.95 bits per heavy atom. The molecule has 0 spiro atoms. The van der Waals surface area contributed by atoms with Crippen LogP contribution in [0.4, 0.5) is 0 Å². The molecule has 0 N–H and O–H groups in total. The third-order valence-corrected chi connectivity index (χ3v) is 4.98. The Bertz CT molecular complexity index is 810. The first-order valence-corrected chi connectivity index (χ1v) is 8.05. The van der Waals surface area contributed by atoms with E-state index in [4.69, 9.17) is 21.6 Å². The molecule has 21 heavy (non-hydrogen) atoms. The fourth-order valence-corrected chi connectivity index (χ4v) is 3.78. The highest BCUT2D eigenvalue weighted by molar-refractivity contribution is 7.90. The molecule has 0 aliphatic carbocycles. The third kappa shape index (κ3) is 3.35. The predicted molar refractivity (Wildman–Crippen MR) is 80.1 cm³/mol. The van der Waals surface area contributed by atoms with Crippen molar-refractivity contribution in [1.29, 1.82) is 5.26 Å². The first-order valence-electron chi connectivity index (χ1n) is 6.02. The minimum absolute atomic E-state index is 0.118. The summed E-state index contributed by atoms with van der Waals surface area (Å²) < 4.78 is 30.0. The van der Waals surface area contributed by atoms with Gasteiger partial charge in [-0.1, -0.05) is 29.8 Å². The molecule has 108 valence electrons. The average Bonchev–Trinajstić information content (AvgIpc) is 2.49. The van der Waals surface area contributed by atoms with Crippen LogP contribution in [-0.2, 0) is 15.6 Å².